The summed E-state index contributed by atoms with van der Waals surface area (Å²) in [6.45, 7) is 6.46. The first kappa shape index (κ1) is 22.6. The van der Waals surface area contributed by atoms with Gasteiger partial charge in [0.15, 0.2) is 0 Å². The molecule has 2 aromatic rings. The molecular formula is C26H31N7O3. The monoisotopic (exact) mass is 489 g/mol. The molecule has 10 heteroatoms. The fraction of sp³-hybridized carbons (Fsp3) is 0.462. The van der Waals surface area contributed by atoms with Crippen molar-refractivity contribution in [3.63, 3.8) is 0 Å². The predicted octanol–water partition coefficient (Wildman–Crippen LogP) is 1.94. The lowest BCUT2D eigenvalue weighted by Gasteiger charge is -2.49. The Balaban J connectivity index is 1.22. The van der Waals surface area contributed by atoms with Gasteiger partial charge in [0.2, 0.25) is 5.56 Å². The molecule has 0 bridgehead atoms. The third-order valence-corrected chi connectivity index (χ3v) is 8.03. The van der Waals surface area contributed by atoms with Crippen LogP contribution in [-0.4, -0.2) is 63.2 Å². The molecule has 1 atom stereocenters. The van der Waals surface area contributed by atoms with Crippen LogP contribution >= 0.6 is 0 Å². The van der Waals surface area contributed by atoms with Gasteiger partial charge in [-0.15, -0.1) is 0 Å². The molecule has 2 aromatic heterocycles. The van der Waals surface area contributed by atoms with Crippen molar-refractivity contribution in [3.05, 3.63) is 69.3 Å². The molecule has 36 heavy (non-hydrogen) atoms. The number of rotatable bonds is 2. The van der Waals surface area contributed by atoms with E-state index in [1.54, 1.807) is 17.2 Å². The number of piperidine rings is 1. The highest BCUT2D eigenvalue weighted by Gasteiger charge is 2.46. The number of urea groups is 1. The molecule has 5 heterocycles. The predicted molar refractivity (Wildman–Crippen MR) is 135 cm³/mol. The minimum absolute atomic E-state index is 0.0283. The summed E-state index contributed by atoms with van der Waals surface area (Å²) in [5, 5.41) is 13.4. The van der Waals surface area contributed by atoms with Gasteiger partial charge in [-0.25, -0.2) is 4.79 Å². The molecule has 6 rings (SSSR count). The number of hydrogen-bond acceptors (Lipinski definition) is 5. The number of aromatic amines is 2. The normalized spacial score (nSPS) is 23.9. The van der Waals surface area contributed by atoms with E-state index in [4.69, 9.17) is 0 Å². The van der Waals surface area contributed by atoms with Gasteiger partial charge in [0.05, 0.1) is 17.8 Å². The van der Waals surface area contributed by atoms with Crippen LogP contribution in [0.15, 0.2) is 46.9 Å². The number of hydrogen-bond donors (Lipinski definition) is 4. The Labute approximate surface area is 208 Å². The Hall–Kier alpha value is -3.82. The van der Waals surface area contributed by atoms with Crippen LogP contribution < -0.4 is 21.1 Å². The lowest BCUT2D eigenvalue weighted by Crippen LogP contribution is -2.67. The van der Waals surface area contributed by atoms with Gasteiger partial charge >= 0.3 is 6.03 Å². The first-order chi connectivity index (χ1) is 17.2. The van der Waals surface area contributed by atoms with Gasteiger partial charge in [0.25, 0.3) is 5.91 Å². The zero-order valence-electron chi connectivity index (χ0n) is 20.6. The van der Waals surface area contributed by atoms with E-state index in [2.05, 4.69) is 62.8 Å². The summed E-state index contributed by atoms with van der Waals surface area (Å²) in [5.74, 6) is 0.471. The quantitative estimate of drug-likeness (QED) is 0.513. The van der Waals surface area contributed by atoms with Crippen LogP contribution in [0.5, 0.6) is 0 Å². The van der Waals surface area contributed by atoms with E-state index in [0.717, 1.165) is 30.5 Å². The van der Waals surface area contributed by atoms with E-state index < -0.39 is 0 Å². The van der Waals surface area contributed by atoms with Crippen molar-refractivity contribution in [2.45, 2.75) is 56.7 Å². The number of anilines is 1. The Kier molecular flexibility index (Phi) is 5.10. The van der Waals surface area contributed by atoms with Crippen LogP contribution in [0.2, 0.25) is 0 Å². The molecule has 188 valence electrons. The molecule has 0 radical (unpaired) electrons. The molecule has 1 spiro atoms. The average Bonchev–Trinajstić information content (AvgIpc) is 3.33. The summed E-state index contributed by atoms with van der Waals surface area (Å²) in [4.78, 5) is 45.3. The number of allylic oxidation sites excluding steroid dienone is 2. The molecule has 4 N–H and O–H groups in total. The van der Waals surface area contributed by atoms with E-state index >= 15 is 0 Å². The molecule has 0 saturated carbocycles. The van der Waals surface area contributed by atoms with Crippen LogP contribution in [0.4, 0.5) is 10.6 Å². The Morgan fingerprint density at radius 1 is 1.17 bits per heavy atom. The van der Waals surface area contributed by atoms with Crippen molar-refractivity contribution in [3.8, 4) is 0 Å². The van der Waals surface area contributed by atoms with E-state index in [1.165, 1.54) is 11.6 Å². The lowest BCUT2D eigenvalue weighted by molar-refractivity contribution is 0.0684. The summed E-state index contributed by atoms with van der Waals surface area (Å²) in [6.07, 6.45) is 10.3. The number of fused-ring (bicyclic) bond motifs is 3. The number of H-pyrrole nitrogens is 2. The summed E-state index contributed by atoms with van der Waals surface area (Å²) in [6, 6.07) is 3.06. The largest absolute Gasteiger partial charge is 0.358 e. The van der Waals surface area contributed by atoms with Gasteiger partial charge in [-0.1, -0.05) is 32.1 Å². The number of carbonyl (C=O) groups is 2. The highest BCUT2D eigenvalue weighted by molar-refractivity contribution is 5.95. The Morgan fingerprint density at radius 3 is 2.78 bits per heavy atom. The van der Waals surface area contributed by atoms with E-state index in [9.17, 15) is 14.4 Å². The minimum atomic E-state index is -0.385. The third-order valence-electron chi connectivity index (χ3n) is 8.03. The topological polar surface area (TPSA) is 126 Å². The van der Waals surface area contributed by atoms with Gasteiger partial charge in [-0.05, 0) is 30.9 Å². The van der Waals surface area contributed by atoms with Crippen LogP contribution in [0.25, 0.3) is 0 Å². The molecule has 4 aliphatic rings. The maximum absolute atomic E-state index is 13.5. The minimum Gasteiger partial charge on any atom is -0.358 e. The fourth-order valence-electron chi connectivity index (χ4n) is 6.27. The molecule has 3 amide bonds. The van der Waals surface area contributed by atoms with Crippen molar-refractivity contribution >= 4 is 17.8 Å². The summed E-state index contributed by atoms with van der Waals surface area (Å²) in [7, 11) is 0. The highest BCUT2D eigenvalue weighted by atomic mass is 16.2. The summed E-state index contributed by atoms with van der Waals surface area (Å²) < 4.78 is 0. The number of aromatic nitrogens is 3. The number of nitrogens with one attached hydrogen (secondary N) is 4. The number of carbonyl (C=O) groups excluding carboxylic acids is 2. The van der Waals surface area contributed by atoms with E-state index in [1.807, 2.05) is 0 Å². The zero-order chi connectivity index (χ0) is 25.1. The highest BCUT2D eigenvalue weighted by Crippen LogP contribution is 2.37. The second kappa shape index (κ2) is 8.11. The molecule has 2 saturated heterocycles. The maximum Gasteiger partial charge on any atom is 0.315 e. The standard InChI is InChI=1S/C26H31N7O3/c1-25(2)15-33(14-17-13-27-31-22(17)25)23(35)16-11-20(29-21(34)12-16)32-9-7-26(8-10-32)18-5-3-4-6-19(18)28-24(36)30-26/h3-5,11-13,19H,6-10,14-15H2,1-2H3,(H,27,31)(H,29,34)(H2,28,30,36). The van der Waals surface area contributed by atoms with Crippen LogP contribution in [0.3, 0.4) is 0 Å². The fourth-order valence-corrected chi connectivity index (χ4v) is 6.27. The Bertz CT molecular complexity index is 1340. The molecule has 1 aliphatic carbocycles. The first-order valence-electron chi connectivity index (χ1n) is 12.5. The van der Waals surface area contributed by atoms with Crippen LogP contribution in [0.1, 0.15) is 54.7 Å². The van der Waals surface area contributed by atoms with Gasteiger partial charge in [-0.3, -0.25) is 14.7 Å². The van der Waals surface area contributed by atoms with Crippen LogP contribution in [0, 0.1) is 0 Å². The number of nitrogens with zero attached hydrogens (tertiary/aromatic N) is 3. The van der Waals surface area contributed by atoms with Gasteiger partial charge < -0.3 is 25.4 Å². The van der Waals surface area contributed by atoms with Crippen molar-refractivity contribution in [2.24, 2.45) is 0 Å². The first-order valence-corrected chi connectivity index (χ1v) is 12.5. The second-order valence-electron chi connectivity index (χ2n) is 10.9. The van der Waals surface area contributed by atoms with E-state index in [0.29, 0.717) is 37.6 Å². The summed E-state index contributed by atoms with van der Waals surface area (Å²) in [5.41, 5.74) is 2.71. The van der Waals surface area contributed by atoms with Crippen molar-refractivity contribution in [1.82, 2.24) is 30.7 Å². The molecule has 3 aliphatic heterocycles. The maximum atomic E-state index is 13.5. The third kappa shape index (κ3) is 3.71. The zero-order valence-corrected chi connectivity index (χ0v) is 20.6. The number of pyridine rings is 1. The number of amides is 3. The van der Waals surface area contributed by atoms with E-state index in [-0.39, 0.29) is 34.5 Å². The molecular weight excluding hydrogens is 458 g/mol. The average molecular weight is 490 g/mol. The SMILES string of the molecule is CC1(C)CN(C(=O)c2cc(N3CCC4(CC3)NC(=O)NC3CC=CC=C34)[nH]c(=O)c2)Cc2cn[nH]c21. The molecule has 0 aromatic carbocycles. The van der Waals surface area contributed by atoms with Crippen molar-refractivity contribution in [2.75, 3.05) is 24.5 Å². The smallest absolute Gasteiger partial charge is 0.315 e. The molecule has 1 unspecified atom stereocenters. The van der Waals surface area contributed by atoms with Crippen molar-refractivity contribution in [1.29, 1.82) is 0 Å². The van der Waals surface area contributed by atoms with Crippen molar-refractivity contribution < 1.29 is 9.59 Å². The second-order valence-corrected chi connectivity index (χ2v) is 10.9. The summed E-state index contributed by atoms with van der Waals surface area (Å²) >= 11 is 0. The molecule has 10 nitrogen and oxygen atoms in total. The molecule has 2 fully saturated rings. The van der Waals surface area contributed by atoms with Gasteiger partial charge in [-0.2, -0.15) is 5.10 Å². The van der Waals surface area contributed by atoms with Gasteiger partial charge in [0.1, 0.15) is 5.82 Å². The van der Waals surface area contributed by atoms with Crippen LogP contribution in [-0.2, 0) is 12.0 Å². The van der Waals surface area contributed by atoms with Gasteiger partial charge in [0, 0.05) is 54.5 Å². The lowest BCUT2D eigenvalue weighted by atomic mass is 9.74. The Morgan fingerprint density at radius 2 is 1.97 bits per heavy atom.